The Balaban J connectivity index is 2.98. The van der Waals surface area contributed by atoms with Crippen molar-refractivity contribution < 1.29 is 4.79 Å². The number of halogens is 1. The molecule has 3 N–H and O–H groups in total. The van der Waals surface area contributed by atoms with E-state index in [1.54, 1.807) is 19.1 Å². The quantitative estimate of drug-likeness (QED) is 0.798. The third-order valence-electron chi connectivity index (χ3n) is 1.77. The smallest absolute Gasteiger partial charge is 0.241 e. The van der Waals surface area contributed by atoms with Crippen molar-refractivity contribution in [2.45, 2.75) is 13.0 Å². The highest BCUT2D eigenvalue weighted by Gasteiger charge is 2.10. The van der Waals surface area contributed by atoms with Crippen molar-refractivity contribution in [3.8, 4) is 6.07 Å². The Morgan fingerprint density at radius 1 is 1.67 bits per heavy atom. The van der Waals surface area contributed by atoms with Gasteiger partial charge in [0.15, 0.2) is 0 Å². The van der Waals surface area contributed by atoms with Gasteiger partial charge in [-0.05, 0) is 25.1 Å². The van der Waals surface area contributed by atoms with E-state index in [4.69, 9.17) is 22.6 Å². The highest BCUT2D eigenvalue weighted by atomic mass is 35.5. The van der Waals surface area contributed by atoms with Gasteiger partial charge in [-0.2, -0.15) is 5.26 Å². The molecule has 1 aromatic rings. The van der Waals surface area contributed by atoms with Gasteiger partial charge in [-0.25, -0.2) is 0 Å². The van der Waals surface area contributed by atoms with E-state index in [1.807, 2.05) is 6.07 Å². The number of benzene rings is 1. The van der Waals surface area contributed by atoms with Crippen molar-refractivity contribution in [1.29, 1.82) is 5.26 Å². The Morgan fingerprint density at radius 2 is 2.33 bits per heavy atom. The first-order valence-corrected chi connectivity index (χ1v) is 4.68. The number of carbonyl (C=O) groups is 1. The van der Waals surface area contributed by atoms with Gasteiger partial charge >= 0.3 is 0 Å². The maximum absolute atomic E-state index is 11.3. The van der Waals surface area contributed by atoms with Crippen LogP contribution >= 0.6 is 11.6 Å². The normalized spacial score (nSPS) is 11.6. The van der Waals surface area contributed by atoms with E-state index in [2.05, 4.69) is 5.32 Å². The van der Waals surface area contributed by atoms with Crippen molar-refractivity contribution in [3.05, 3.63) is 28.8 Å². The van der Waals surface area contributed by atoms with E-state index in [0.29, 0.717) is 16.3 Å². The largest absolute Gasteiger partial charge is 0.324 e. The number of hydrogen-bond acceptors (Lipinski definition) is 3. The molecule has 0 aliphatic carbocycles. The molecule has 1 rings (SSSR count). The van der Waals surface area contributed by atoms with Gasteiger partial charge in [-0.3, -0.25) is 4.79 Å². The maximum Gasteiger partial charge on any atom is 0.241 e. The van der Waals surface area contributed by atoms with Crippen molar-refractivity contribution in [3.63, 3.8) is 0 Å². The Hall–Kier alpha value is -1.57. The summed E-state index contributed by atoms with van der Waals surface area (Å²) in [5.41, 5.74) is 6.12. The lowest BCUT2D eigenvalue weighted by atomic mass is 10.2. The van der Waals surface area contributed by atoms with Gasteiger partial charge in [-0.15, -0.1) is 0 Å². The molecule has 0 saturated carbocycles. The molecule has 0 saturated heterocycles. The molecule has 0 radical (unpaired) electrons. The number of amides is 1. The number of anilines is 1. The zero-order valence-electron chi connectivity index (χ0n) is 8.12. The highest BCUT2D eigenvalue weighted by Crippen LogP contribution is 2.20. The van der Waals surface area contributed by atoms with Crippen molar-refractivity contribution in [1.82, 2.24) is 0 Å². The van der Waals surface area contributed by atoms with Crippen molar-refractivity contribution >= 4 is 23.2 Å². The fraction of sp³-hybridized carbons (Fsp3) is 0.200. The summed E-state index contributed by atoms with van der Waals surface area (Å²) < 4.78 is 0. The summed E-state index contributed by atoms with van der Waals surface area (Å²) in [5, 5.41) is 11.8. The van der Waals surface area contributed by atoms with Gasteiger partial charge in [0.05, 0.1) is 17.3 Å². The third-order valence-corrected chi connectivity index (χ3v) is 2.01. The molecule has 1 aromatic carbocycles. The topological polar surface area (TPSA) is 78.9 Å². The van der Waals surface area contributed by atoms with Crippen LogP contribution in [0.4, 0.5) is 5.69 Å². The lowest BCUT2D eigenvalue weighted by Gasteiger charge is -2.09. The summed E-state index contributed by atoms with van der Waals surface area (Å²) in [6, 6.07) is 5.96. The van der Waals surface area contributed by atoms with E-state index in [9.17, 15) is 4.79 Å². The van der Waals surface area contributed by atoms with E-state index in [1.165, 1.54) is 6.07 Å². The SMILES string of the molecule is CC(N)C(=O)Nc1cc(Cl)ccc1C#N. The second-order valence-corrected chi connectivity index (χ2v) is 3.52. The second-order valence-electron chi connectivity index (χ2n) is 3.08. The fourth-order valence-corrected chi connectivity index (χ4v) is 1.14. The zero-order valence-corrected chi connectivity index (χ0v) is 8.88. The molecule has 4 nitrogen and oxygen atoms in total. The summed E-state index contributed by atoms with van der Waals surface area (Å²) in [5.74, 6) is -0.353. The molecule has 0 aliphatic rings. The third kappa shape index (κ3) is 2.94. The first kappa shape index (κ1) is 11.5. The fourth-order valence-electron chi connectivity index (χ4n) is 0.964. The molecule has 0 aromatic heterocycles. The molecule has 0 spiro atoms. The molecular formula is C10H10ClN3O. The van der Waals surface area contributed by atoms with Crippen molar-refractivity contribution in [2.24, 2.45) is 5.73 Å². The zero-order chi connectivity index (χ0) is 11.4. The van der Waals surface area contributed by atoms with Crippen LogP contribution in [0.1, 0.15) is 12.5 Å². The van der Waals surface area contributed by atoms with E-state index in [-0.39, 0.29) is 5.91 Å². The Morgan fingerprint density at radius 3 is 2.87 bits per heavy atom. The molecule has 1 amide bonds. The minimum Gasteiger partial charge on any atom is -0.324 e. The van der Waals surface area contributed by atoms with E-state index in [0.717, 1.165) is 0 Å². The monoisotopic (exact) mass is 223 g/mol. The van der Waals surface area contributed by atoms with Gasteiger partial charge < -0.3 is 11.1 Å². The number of carbonyl (C=O) groups excluding carboxylic acids is 1. The molecule has 15 heavy (non-hydrogen) atoms. The van der Waals surface area contributed by atoms with Crippen LogP contribution < -0.4 is 11.1 Å². The average molecular weight is 224 g/mol. The van der Waals surface area contributed by atoms with Gasteiger partial charge in [-0.1, -0.05) is 11.6 Å². The van der Waals surface area contributed by atoms with Crippen molar-refractivity contribution in [2.75, 3.05) is 5.32 Å². The van der Waals surface area contributed by atoms with Crippen LogP contribution in [0.5, 0.6) is 0 Å². The van der Waals surface area contributed by atoms with Crippen LogP contribution in [-0.2, 0) is 4.79 Å². The van der Waals surface area contributed by atoms with Crippen LogP contribution in [0.15, 0.2) is 18.2 Å². The Kier molecular flexibility index (Phi) is 3.67. The Bertz CT molecular complexity index is 423. The predicted molar refractivity (Wildman–Crippen MR) is 58.4 cm³/mol. The minimum atomic E-state index is -0.629. The van der Waals surface area contributed by atoms with Crippen LogP contribution in [0.3, 0.4) is 0 Å². The second kappa shape index (κ2) is 4.78. The number of nitriles is 1. The molecular weight excluding hydrogens is 214 g/mol. The van der Waals surface area contributed by atoms with Gasteiger partial charge in [0.25, 0.3) is 0 Å². The standard InChI is InChI=1S/C10H10ClN3O/c1-6(13)10(15)14-9-4-8(11)3-2-7(9)5-12/h2-4,6H,13H2,1H3,(H,14,15). The summed E-state index contributed by atoms with van der Waals surface area (Å²) in [7, 11) is 0. The van der Waals surface area contributed by atoms with E-state index >= 15 is 0 Å². The average Bonchev–Trinajstić information content (AvgIpc) is 2.18. The van der Waals surface area contributed by atoms with E-state index < -0.39 is 6.04 Å². The van der Waals surface area contributed by atoms with Crippen LogP contribution in [0.2, 0.25) is 5.02 Å². The summed E-state index contributed by atoms with van der Waals surface area (Å²) in [4.78, 5) is 11.3. The van der Waals surface area contributed by atoms with Crippen LogP contribution in [0, 0.1) is 11.3 Å². The van der Waals surface area contributed by atoms with Gasteiger partial charge in [0, 0.05) is 5.02 Å². The lowest BCUT2D eigenvalue weighted by Crippen LogP contribution is -2.32. The molecule has 0 heterocycles. The summed E-state index contributed by atoms with van der Waals surface area (Å²) >= 11 is 5.74. The molecule has 5 heteroatoms. The highest BCUT2D eigenvalue weighted by molar-refractivity contribution is 6.31. The van der Waals surface area contributed by atoms with Gasteiger partial charge in [0.2, 0.25) is 5.91 Å². The number of nitrogens with zero attached hydrogens (tertiary/aromatic N) is 1. The first-order valence-electron chi connectivity index (χ1n) is 4.30. The number of nitrogens with one attached hydrogen (secondary N) is 1. The number of hydrogen-bond donors (Lipinski definition) is 2. The maximum atomic E-state index is 11.3. The number of rotatable bonds is 2. The Labute approximate surface area is 92.6 Å². The lowest BCUT2D eigenvalue weighted by molar-refractivity contribution is -0.117. The predicted octanol–water partition coefficient (Wildman–Crippen LogP) is 1.50. The molecule has 0 fully saturated rings. The number of nitrogens with two attached hydrogens (primary N) is 1. The minimum absolute atomic E-state index is 0.353. The molecule has 0 bridgehead atoms. The molecule has 1 unspecified atom stereocenters. The van der Waals surface area contributed by atoms with Crippen LogP contribution in [-0.4, -0.2) is 11.9 Å². The summed E-state index contributed by atoms with van der Waals surface area (Å²) in [6.07, 6.45) is 0. The molecule has 0 aliphatic heterocycles. The molecule has 78 valence electrons. The first-order chi connectivity index (χ1) is 7.04. The molecule has 1 atom stereocenters. The van der Waals surface area contributed by atoms with Crippen LogP contribution in [0.25, 0.3) is 0 Å². The summed E-state index contributed by atoms with van der Waals surface area (Å²) in [6.45, 7) is 1.56. The van der Waals surface area contributed by atoms with Gasteiger partial charge in [0.1, 0.15) is 6.07 Å².